The van der Waals surface area contributed by atoms with Crippen LogP contribution in [0.1, 0.15) is 36.0 Å². The third kappa shape index (κ3) is 2.72. The van der Waals surface area contributed by atoms with E-state index in [2.05, 4.69) is 0 Å². The van der Waals surface area contributed by atoms with E-state index in [1.807, 2.05) is 32.9 Å². The molecule has 0 saturated heterocycles. The van der Waals surface area contributed by atoms with E-state index in [0.29, 0.717) is 5.02 Å². The molecule has 0 spiro atoms. The van der Waals surface area contributed by atoms with Crippen molar-refractivity contribution < 1.29 is 9.90 Å². The van der Waals surface area contributed by atoms with Crippen LogP contribution in [0.25, 0.3) is 0 Å². The van der Waals surface area contributed by atoms with Gasteiger partial charge in [-0.25, -0.2) is 0 Å². The Hall–Kier alpha value is -1.02. The molecular formula is C12H15ClO2. The number of hydrogen-bond acceptors (Lipinski definition) is 1. The van der Waals surface area contributed by atoms with Crippen molar-refractivity contribution in [3.05, 3.63) is 33.8 Å². The predicted molar refractivity (Wildman–Crippen MR) is 61.6 cm³/mol. The van der Waals surface area contributed by atoms with Crippen LogP contribution in [0.3, 0.4) is 0 Å². The lowest BCUT2D eigenvalue weighted by atomic mass is 9.91. The number of carboxylic acid groups (broad SMARTS) is 1. The average molecular weight is 227 g/mol. The summed E-state index contributed by atoms with van der Waals surface area (Å²) in [6, 6.07) is 3.78. The Kier molecular flexibility index (Phi) is 3.75. The van der Waals surface area contributed by atoms with Gasteiger partial charge in [-0.2, -0.15) is 0 Å². The molecule has 1 aromatic rings. The van der Waals surface area contributed by atoms with Crippen molar-refractivity contribution in [3.8, 4) is 0 Å². The SMILES string of the molecule is Cc1ccc(Cl)c(C(C)CC(=O)O)c1C. The minimum absolute atomic E-state index is 0.0464. The van der Waals surface area contributed by atoms with Crippen molar-refractivity contribution in [3.63, 3.8) is 0 Å². The van der Waals surface area contributed by atoms with Crippen LogP contribution in [0.5, 0.6) is 0 Å². The number of benzene rings is 1. The lowest BCUT2D eigenvalue weighted by Crippen LogP contribution is -2.05. The fourth-order valence-electron chi connectivity index (χ4n) is 1.77. The minimum atomic E-state index is -0.792. The van der Waals surface area contributed by atoms with Crippen LogP contribution in [0.15, 0.2) is 12.1 Å². The highest BCUT2D eigenvalue weighted by molar-refractivity contribution is 6.31. The molecule has 1 atom stereocenters. The van der Waals surface area contributed by atoms with Gasteiger partial charge in [-0.3, -0.25) is 4.79 Å². The van der Waals surface area contributed by atoms with E-state index in [0.717, 1.165) is 16.7 Å². The smallest absolute Gasteiger partial charge is 0.303 e. The molecule has 0 heterocycles. The molecule has 0 aliphatic carbocycles. The Morgan fingerprint density at radius 2 is 2.07 bits per heavy atom. The lowest BCUT2D eigenvalue weighted by molar-refractivity contribution is -0.137. The molecule has 15 heavy (non-hydrogen) atoms. The van der Waals surface area contributed by atoms with Gasteiger partial charge in [0, 0.05) is 5.02 Å². The van der Waals surface area contributed by atoms with Crippen LogP contribution in [-0.2, 0) is 4.79 Å². The van der Waals surface area contributed by atoms with Gasteiger partial charge >= 0.3 is 5.97 Å². The Balaban J connectivity index is 3.12. The average Bonchev–Trinajstić information content (AvgIpc) is 2.11. The Morgan fingerprint density at radius 1 is 1.47 bits per heavy atom. The third-order valence-corrected chi connectivity index (χ3v) is 3.04. The minimum Gasteiger partial charge on any atom is -0.481 e. The Bertz CT molecular complexity index is 385. The van der Waals surface area contributed by atoms with Crippen molar-refractivity contribution in [2.24, 2.45) is 0 Å². The van der Waals surface area contributed by atoms with E-state index in [-0.39, 0.29) is 12.3 Å². The zero-order valence-corrected chi connectivity index (χ0v) is 9.93. The monoisotopic (exact) mass is 226 g/mol. The molecule has 0 fully saturated rings. The number of halogens is 1. The first kappa shape index (κ1) is 12.1. The molecule has 82 valence electrons. The van der Waals surface area contributed by atoms with E-state index in [9.17, 15) is 4.79 Å². The summed E-state index contributed by atoms with van der Waals surface area (Å²) >= 11 is 6.09. The number of aliphatic carboxylic acids is 1. The van der Waals surface area contributed by atoms with Crippen LogP contribution in [-0.4, -0.2) is 11.1 Å². The van der Waals surface area contributed by atoms with Crippen LogP contribution >= 0.6 is 11.6 Å². The van der Waals surface area contributed by atoms with E-state index < -0.39 is 5.97 Å². The van der Waals surface area contributed by atoms with Gasteiger partial charge in [-0.05, 0) is 42.5 Å². The van der Waals surface area contributed by atoms with Crippen LogP contribution in [0.4, 0.5) is 0 Å². The van der Waals surface area contributed by atoms with Crippen molar-refractivity contribution in [1.82, 2.24) is 0 Å². The van der Waals surface area contributed by atoms with Crippen molar-refractivity contribution >= 4 is 17.6 Å². The highest BCUT2D eigenvalue weighted by atomic mass is 35.5. The summed E-state index contributed by atoms with van der Waals surface area (Å²) < 4.78 is 0. The predicted octanol–water partition coefficient (Wildman–Crippen LogP) is 3.54. The van der Waals surface area contributed by atoms with Crippen molar-refractivity contribution in [2.75, 3.05) is 0 Å². The molecule has 0 radical (unpaired) electrons. The number of rotatable bonds is 3. The normalized spacial score (nSPS) is 12.5. The summed E-state index contributed by atoms with van der Waals surface area (Å²) in [5.74, 6) is -0.839. The van der Waals surface area contributed by atoms with Crippen molar-refractivity contribution in [2.45, 2.75) is 33.1 Å². The van der Waals surface area contributed by atoms with Gasteiger partial charge in [0.15, 0.2) is 0 Å². The second-order valence-corrected chi connectivity index (χ2v) is 4.31. The molecule has 0 saturated carbocycles. The molecule has 0 aliphatic rings. The molecule has 2 nitrogen and oxygen atoms in total. The highest BCUT2D eigenvalue weighted by Crippen LogP contribution is 2.31. The summed E-state index contributed by atoms with van der Waals surface area (Å²) in [5.41, 5.74) is 3.20. The Morgan fingerprint density at radius 3 is 2.60 bits per heavy atom. The van der Waals surface area contributed by atoms with Gasteiger partial charge in [-0.15, -0.1) is 0 Å². The number of aryl methyl sites for hydroxylation is 1. The van der Waals surface area contributed by atoms with Crippen LogP contribution in [0, 0.1) is 13.8 Å². The Labute approximate surface area is 94.9 Å². The van der Waals surface area contributed by atoms with Gasteiger partial charge in [0.25, 0.3) is 0 Å². The van der Waals surface area contributed by atoms with Crippen LogP contribution < -0.4 is 0 Å². The van der Waals surface area contributed by atoms with E-state index in [1.54, 1.807) is 0 Å². The molecule has 1 N–H and O–H groups in total. The highest BCUT2D eigenvalue weighted by Gasteiger charge is 2.16. The second-order valence-electron chi connectivity index (χ2n) is 3.90. The van der Waals surface area contributed by atoms with Gasteiger partial charge in [-0.1, -0.05) is 24.6 Å². The van der Waals surface area contributed by atoms with E-state index in [4.69, 9.17) is 16.7 Å². The lowest BCUT2D eigenvalue weighted by Gasteiger charge is -2.16. The number of carbonyl (C=O) groups is 1. The molecule has 1 unspecified atom stereocenters. The zero-order valence-electron chi connectivity index (χ0n) is 9.17. The summed E-state index contributed by atoms with van der Waals surface area (Å²) in [7, 11) is 0. The quantitative estimate of drug-likeness (QED) is 0.856. The number of carboxylic acids is 1. The summed E-state index contributed by atoms with van der Waals surface area (Å²) in [4.78, 5) is 10.6. The second kappa shape index (κ2) is 4.67. The van der Waals surface area contributed by atoms with Crippen molar-refractivity contribution in [1.29, 1.82) is 0 Å². The largest absolute Gasteiger partial charge is 0.481 e. The van der Waals surface area contributed by atoms with Crippen LogP contribution in [0.2, 0.25) is 5.02 Å². The van der Waals surface area contributed by atoms with E-state index >= 15 is 0 Å². The topological polar surface area (TPSA) is 37.3 Å². The molecule has 0 amide bonds. The standard InChI is InChI=1S/C12H15ClO2/c1-7-4-5-10(13)12(9(7)3)8(2)6-11(14)15/h4-5,8H,6H2,1-3H3,(H,14,15). The fourth-order valence-corrected chi connectivity index (χ4v) is 2.16. The molecule has 1 aromatic carbocycles. The van der Waals surface area contributed by atoms with Gasteiger partial charge in [0.1, 0.15) is 0 Å². The van der Waals surface area contributed by atoms with Gasteiger partial charge in [0.2, 0.25) is 0 Å². The zero-order chi connectivity index (χ0) is 11.6. The first-order chi connectivity index (χ1) is 6.93. The summed E-state index contributed by atoms with van der Waals surface area (Å²) in [6.07, 6.45) is 0.115. The first-order valence-electron chi connectivity index (χ1n) is 4.91. The van der Waals surface area contributed by atoms with Gasteiger partial charge in [0.05, 0.1) is 6.42 Å². The molecule has 0 aromatic heterocycles. The third-order valence-electron chi connectivity index (χ3n) is 2.71. The number of hydrogen-bond donors (Lipinski definition) is 1. The summed E-state index contributed by atoms with van der Waals surface area (Å²) in [5, 5.41) is 9.41. The molecule has 1 rings (SSSR count). The first-order valence-corrected chi connectivity index (χ1v) is 5.28. The summed E-state index contributed by atoms with van der Waals surface area (Å²) in [6.45, 7) is 5.87. The maximum absolute atomic E-state index is 10.6. The maximum atomic E-state index is 10.6. The van der Waals surface area contributed by atoms with Gasteiger partial charge < -0.3 is 5.11 Å². The molecular weight excluding hydrogens is 212 g/mol. The van der Waals surface area contributed by atoms with E-state index in [1.165, 1.54) is 0 Å². The maximum Gasteiger partial charge on any atom is 0.303 e. The molecule has 0 aliphatic heterocycles. The fraction of sp³-hybridized carbons (Fsp3) is 0.417. The molecule has 3 heteroatoms. The molecule has 0 bridgehead atoms.